The van der Waals surface area contributed by atoms with Gasteiger partial charge in [-0.15, -0.1) is 0 Å². The molecule has 2 fully saturated rings. The third kappa shape index (κ3) is 3.02. The molecule has 0 amide bonds. The van der Waals surface area contributed by atoms with Gasteiger partial charge in [0.05, 0.1) is 12.7 Å². The van der Waals surface area contributed by atoms with E-state index in [0.29, 0.717) is 12.6 Å². The smallest absolute Gasteiger partial charge is 0.323 e. The first kappa shape index (κ1) is 13.8. The van der Waals surface area contributed by atoms with Crippen LogP contribution in [0.2, 0.25) is 0 Å². The summed E-state index contributed by atoms with van der Waals surface area (Å²) in [7, 11) is 0. The molecule has 1 N–H and O–H groups in total. The van der Waals surface area contributed by atoms with Crippen LogP contribution in [0, 0.1) is 0 Å². The first-order valence-corrected chi connectivity index (χ1v) is 6.94. The summed E-state index contributed by atoms with van der Waals surface area (Å²) in [6, 6.07) is 0.398. The van der Waals surface area contributed by atoms with Crippen LogP contribution in [0.5, 0.6) is 0 Å². The number of nitrogens with zero attached hydrogens (tertiary/aromatic N) is 2. The number of hydrogen-bond donors (Lipinski definition) is 1. The van der Waals surface area contributed by atoms with Crippen LogP contribution in [0.1, 0.15) is 26.7 Å². The van der Waals surface area contributed by atoms with Gasteiger partial charge < -0.3 is 9.84 Å². The standard InChI is InChI=1S/C13H24N2O3/c1-3-11-9-15(12-4-7-18-13(12)17)6-5-14(11)8-10(2)16/h10-12,16H,3-9H2,1-2H3/t10-,11-,12-/m1/s1. The minimum absolute atomic E-state index is 0.0345. The zero-order valence-corrected chi connectivity index (χ0v) is 11.3. The molecule has 0 bridgehead atoms. The average Bonchev–Trinajstić information content (AvgIpc) is 2.75. The highest BCUT2D eigenvalue weighted by atomic mass is 16.5. The molecule has 2 aliphatic rings. The van der Waals surface area contributed by atoms with Crippen LogP contribution < -0.4 is 0 Å². The van der Waals surface area contributed by atoms with Crippen molar-refractivity contribution < 1.29 is 14.6 Å². The van der Waals surface area contributed by atoms with Gasteiger partial charge in [-0.1, -0.05) is 6.92 Å². The lowest BCUT2D eigenvalue weighted by atomic mass is 10.1. The first-order chi connectivity index (χ1) is 8.61. The Morgan fingerprint density at radius 3 is 2.83 bits per heavy atom. The highest BCUT2D eigenvalue weighted by molar-refractivity contribution is 5.77. The van der Waals surface area contributed by atoms with Gasteiger partial charge >= 0.3 is 5.97 Å². The largest absolute Gasteiger partial charge is 0.464 e. The van der Waals surface area contributed by atoms with Gasteiger partial charge in [0.1, 0.15) is 6.04 Å². The number of β-amino-alcohol motifs (C(OH)–C–C–N with tert-alkyl or cyclic N) is 1. The molecule has 2 saturated heterocycles. The molecule has 2 rings (SSSR count). The second-order valence-corrected chi connectivity index (χ2v) is 5.37. The van der Waals surface area contributed by atoms with E-state index in [1.165, 1.54) is 0 Å². The molecule has 0 saturated carbocycles. The van der Waals surface area contributed by atoms with Crippen LogP contribution in [0.25, 0.3) is 0 Å². The number of piperazine rings is 1. The van der Waals surface area contributed by atoms with Gasteiger partial charge in [-0.05, 0) is 13.3 Å². The van der Waals surface area contributed by atoms with E-state index in [0.717, 1.165) is 39.0 Å². The monoisotopic (exact) mass is 256 g/mol. The number of esters is 1. The van der Waals surface area contributed by atoms with E-state index >= 15 is 0 Å². The van der Waals surface area contributed by atoms with Crippen molar-refractivity contribution in [3.05, 3.63) is 0 Å². The predicted molar refractivity (Wildman–Crippen MR) is 68.3 cm³/mol. The maximum atomic E-state index is 11.6. The topological polar surface area (TPSA) is 53.0 Å². The fourth-order valence-electron chi connectivity index (χ4n) is 2.98. The lowest BCUT2D eigenvalue weighted by molar-refractivity contribution is -0.143. The minimum atomic E-state index is -0.290. The number of rotatable bonds is 4. The van der Waals surface area contributed by atoms with Gasteiger partial charge in [-0.25, -0.2) is 0 Å². The number of carbonyl (C=O) groups is 1. The second kappa shape index (κ2) is 5.99. The van der Waals surface area contributed by atoms with E-state index < -0.39 is 0 Å². The summed E-state index contributed by atoms with van der Waals surface area (Å²) in [5, 5.41) is 9.51. The zero-order valence-electron chi connectivity index (χ0n) is 11.3. The van der Waals surface area contributed by atoms with E-state index in [-0.39, 0.29) is 18.1 Å². The highest BCUT2D eigenvalue weighted by Gasteiger charge is 2.36. The van der Waals surface area contributed by atoms with Crippen molar-refractivity contribution in [2.24, 2.45) is 0 Å². The fraction of sp³-hybridized carbons (Fsp3) is 0.923. The Morgan fingerprint density at radius 1 is 1.50 bits per heavy atom. The van der Waals surface area contributed by atoms with E-state index in [4.69, 9.17) is 4.74 Å². The number of aliphatic hydroxyl groups is 1. The van der Waals surface area contributed by atoms with E-state index in [9.17, 15) is 9.90 Å². The van der Waals surface area contributed by atoms with Gasteiger partial charge in [0.15, 0.2) is 0 Å². The lowest BCUT2D eigenvalue weighted by Crippen LogP contribution is -2.57. The third-order valence-electron chi connectivity index (χ3n) is 3.95. The molecule has 18 heavy (non-hydrogen) atoms. The molecule has 0 unspecified atom stereocenters. The van der Waals surface area contributed by atoms with E-state index in [1.807, 2.05) is 6.92 Å². The number of cyclic esters (lactones) is 1. The molecule has 0 aromatic rings. The molecule has 3 atom stereocenters. The molecule has 0 radical (unpaired) electrons. The third-order valence-corrected chi connectivity index (χ3v) is 3.95. The summed E-state index contributed by atoms with van der Waals surface area (Å²) >= 11 is 0. The van der Waals surface area contributed by atoms with Gasteiger partial charge in [-0.3, -0.25) is 14.6 Å². The average molecular weight is 256 g/mol. The number of aliphatic hydroxyl groups excluding tert-OH is 1. The number of carbonyl (C=O) groups excluding carboxylic acids is 1. The van der Waals surface area contributed by atoms with Gasteiger partial charge in [0.2, 0.25) is 0 Å². The van der Waals surface area contributed by atoms with Crippen molar-refractivity contribution in [3.8, 4) is 0 Å². The molecule has 0 aromatic carbocycles. The predicted octanol–water partition coefficient (Wildman–Crippen LogP) is 0.0789. The van der Waals surface area contributed by atoms with Crippen LogP contribution >= 0.6 is 0 Å². The number of ether oxygens (including phenoxy) is 1. The van der Waals surface area contributed by atoms with E-state index in [2.05, 4.69) is 16.7 Å². The van der Waals surface area contributed by atoms with Crippen LogP contribution in [-0.2, 0) is 9.53 Å². The SMILES string of the molecule is CC[C@@H]1CN([C@@H]2CCOC2=O)CCN1C[C@@H](C)O. The summed E-state index contributed by atoms with van der Waals surface area (Å²) < 4.78 is 5.04. The normalized spacial score (nSPS) is 32.5. The quantitative estimate of drug-likeness (QED) is 0.722. The Bertz CT molecular complexity index is 296. The van der Waals surface area contributed by atoms with Crippen molar-refractivity contribution in [2.75, 3.05) is 32.8 Å². The Balaban J connectivity index is 1.93. The maximum Gasteiger partial charge on any atom is 0.323 e. The summed E-state index contributed by atoms with van der Waals surface area (Å²) in [4.78, 5) is 16.2. The lowest BCUT2D eigenvalue weighted by Gasteiger charge is -2.43. The van der Waals surface area contributed by atoms with Crippen molar-refractivity contribution in [1.29, 1.82) is 0 Å². The van der Waals surface area contributed by atoms with Crippen LogP contribution in [0.4, 0.5) is 0 Å². The molecule has 0 aromatic heterocycles. The summed E-state index contributed by atoms with van der Waals surface area (Å²) in [6.45, 7) is 8.00. The first-order valence-electron chi connectivity index (χ1n) is 6.94. The molecule has 0 spiro atoms. The molecule has 2 heterocycles. The van der Waals surface area contributed by atoms with Gasteiger partial charge in [0.25, 0.3) is 0 Å². The highest BCUT2D eigenvalue weighted by Crippen LogP contribution is 2.20. The fourth-order valence-corrected chi connectivity index (χ4v) is 2.98. The summed E-state index contributed by atoms with van der Waals surface area (Å²) in [5.41, 5.74) is 0. The molecule has 2 aliphatic heterocycles. The molecule has 5 heteroatoms. The van der Waals surface area contributed by atoms with Crippen LogP contribution in [0.3, 0.4) is 0 Å². The molecule has 0 aliphatic carbocycles. The molecular formula is C13H24N2O3. The second-order valence-electron chi connectivity index (χ2n) is 5.37. The van der Waals surface area contributed by atoms with Gasteiger partial charge in [0, 0.05) is 38.6 Å². The van der Waals surface area contributed by atoms with Crippen LogP contribution in [0.15, 0.2) is 0 Å². The molecule has 104 valence electrons. The summed E-state index contributed by atoms with van der Waals surface area (Å²) in [6.07, 6.45) is 1.58. The number of hydrogen-bond acceptors (Lipinski definition) is 5. The van der Waals surface area contributed by atoms with Crippen molar-refractivity contribution in [2.45, 2.75) is 44.9 Å². The summed E-state index contributed by atoms with van der Waals surface area (Å²) in [5.74, 6) is -0.0613. The Morgan fingerprint density at radius 2 is 2.28 bits per heavy atom. The van der Waals surface area contributed by atoms with E-state index in [1.54, 1.807) is 0 Å². The van der Waals surface area contributed by atoms with Crippen LogP contribution in [-0.4, -0.2) is 71.8 Å². The Hall–Kier alpha value is -0.650. The maximum absolute atomic E-state index is 11.6. The van der Waals surface area contributed by atoms with Crippen molar-refractivity contribution in [3.63, 3.8) is 0 Å². The zero-order chi connectivity index (χ0) is 13.1. The Kier molecular flexibility index (Phi) is 4.59. The Labute approximate surface area is 109 Å². The van der Waals surface area contributed by atoms with Crippen molar-refractivity contribution >= 4 is 5.97 Å². The minimum Gasteiger partial charge on any atom is -0.464 e. The van der Waals surface area contributed by atoms with Crippen molar-refractivity contribution in [1.82, 2.24) is 9.80 Å². The van der Waals surface area contributed by atoms with Gasteiger partial charge in [-0.2, -0.15) is 0 Å². The molecule has 5 nitrogen and oxygen atoms in total. The molecular weight excluding hydrogens is 232 g/mol.